The van der Waals surface area contributed by atoms with Gasteiger partial charge in [-0.15, -0.1) is 22.4 Å². The van der Waals surface area contributed by atoms with Crippen molar-refractivity contribution in [2.75, 3.05) is 0 Å². The van der Waals surface area contributed by atoms with E-state index in [1.165, 1.54) is 154 Å². The smallest absolute Gasteiger partial charge is 0.849 e. The zero-order chi connectivity index (χ0) is 64.8. The number of unbranched alkanes of at least 4 members (excludes halogenated alkanes) is 16. The van der Waals surface area contributed by atoms with Gasteiger partial charge >= 0.3 is 21.7 Å². The summed E-state index contributed by atoms with van der Waals surface area (Å²) in [6.07, 6.45) is 59.0. The molecule has 0 aromatic rings. The second-order valence-corrected chi connectivity index (χ2v) is 28.2. The summed E-state index contributed by atoms with van der Waals surface area (Å²) in [4.78, 5) is 0. The fraction of sp³-hybridized carbons (Fsp3) is 1.00. The first-order chi connectivity index (χ1) is 40.2. The molecule has 0 aromatic heterocycles. The van der Waals surface area contributed by atoms with Gasteiger partial charge in [0.25, 0.3) is 0 Å². The van der Waals surface area contributed by atoms with Crippen molar-refractivity contribution in [3.63, 3.8) is 0 Å². The molecule has 0 aliphatic carbocycles. The molecule has 0 heterocycles. The van der Waals surface area contributed by atoms with E-state index in [9.17, 15) is 20.4 Å². The van der Waals surface area contributed by atoms with Crippen molar-refractivity contribution in [2.45, 2.75) is 495 Å². The van der Waals surface area contributed by atoms with Crippen molar-refractivity contribution >= 4 is 0 Å². The van der Waals surface area contributed by atoms with Crippen LogP contribution in [0.2, 0.25) is 0 Å². The second kappa shape index (κ2) is 58.4. The van der Waals surface area contributed by atoms with Crippen LogP contribution in [0.3, 0.4) is 0 Å². The van der Waals surface area contributed by atoms with Crippen LogP contribution < -0.4 is 20.4 Å². The summed E-state index contributed by atoms with van der Waals surface area (Å²) in [5.74, 6) is 0. The van der Waals surface area contributed by atoms with E-state index in [4.69, 9.17) is 0 Å². The fourth-order valence-corrected chi connectivity index (χ4v) is 15.5. The molecule has 0 aliphatic heterocycles. The molecule has 0 amide bonds. The first kappa shape index (κ1) is 94.3. The number of hydrogen-bond acceptors (Lipinski definition) is 4. The van der Waals surface area contributed by atoms with E-state index in [0.29, 0.717) is 0 Å². The summed E-state index contributed by atoms with van der Waals surface area (Å²) in [5.41, 5.74) is -2.55. The van der Waals surface area contributed by atoms with Crippen LogP contribution in [0, 0.1) is 21.7 Å². The Hall–Kier alpha value is 0.554. The Bertz CT molecular complexity index is 1060. The minimum atomic E-state index is -0.692. The zero-order valence-electron chi connectivity index (χ0n) is 62.9. The van der Waals surface area contributed by atoms with E-state index >= 15 is 0 Å². The first-order valence-electron chi connectivity index (χ1n) is 39.0. The second-order valence-electron chi connectivity index (χ2n) is 28.2. The van der Waals surface area contributed by atoms with Gasteiger partial charge in [-0.25, -0.2) is 0 Å². The third-order valence-corrected chi connectivity index (χ3v) is 22.0. The average Bonchev–Trinajstić information content (AvgIpc) is 3.71. The van der Waals surface area contributed by atoms with Crippen LogP contribution in [-0.4, -0.2) is 22.4 Å². The first-order valence-corrected chi connectivity index (χ1v) is 39.0. The Balaban J connectivity index is -0.000000333. The van der Waals surface area contributed by atoms with Crippen molar-refractivity contribution in [1.82, 2.24) is 0 Å². The van der Waals surface area contributed by atoms with Crippen LogP contribution in [-0.2, 0) is 21.7 Å². The summed E-state index contributed by atoms with van der Waals surface area (Å²) in [7, 11) is 0. The minimum absolute atomic E-state index is 0. The van der Waals surface area contributed by atoms with Gasteiger partial charge in [0.2, 0.25) is 0 Å². The molecule has 0 fully saturated rings. The van der Waals surface area contributed by atoms with Gasteiger partial charge in [-0.3, -0.25) is 0 Å². The molecule has 85 heavy (non-hydrogen) atoms. The van der Waals surface area contributed by atoms with Crippen molar-refractivity contribution in [3.05, 3.63) is 0 Å². The van der Waals surface area contributed by atoms with Crippen LogP contribution in [0.1, 0.15) is 472 Å². The van der Waals surface area contributed by atoms with Crippen LogP contribution >= 0.6 is 0 Å². The average molecular weight is 1240 g/mol. The van der Waals surface area contributed by atoms with Gasteiger partial charge in [0.1, 0.15) is 0 Å². The topological polar surface area (TPSA) is 92.2 Å². The molecule has 5 heteroatoms. The maximum atomic E-state index is 13.8. The Morgan fingerprint density at radius 3 is 0.306 bits per heavy atom. The van der Waals surface area contributed by atoms with E-state index in [1.54, 1.807) is 0 Å². The largest absolute Gasteiger partial charge is 4.00 e. The maximum Gasteiger partial charge on any atom is 4.00 e. The molecule has 0 spiro atoms. The molecule has 4 atom stereocenters. The van der Waals surface area contributed by atoms with Gasteiger partial charge in [0.15, 0.2) is 0 Å². The summed E-state index contributed by atoms with van der Waals surface area (Å²) >= 11 is 0. The quantitative estimate of drug-likeness (QED) is 0.0567. The summed E-state index contributed by atoms with van der Waals surface area (Å²) in [5, 5.41) is 55.1. The Labute approximate surface area is 555 Å². The monoisotopic (exact) mass is 1240 g/mol. The van der Waals surface area contributed by atoms with Gasteiger partial charge < -0.3 is 20.4 Å². The summed E-state index contributed by atoms with van der Waals surface area (Å²) < 4.78 is 0. The molecule has 0 N–H and O–H groups in total. The zero-order valence-corrected chi connectivity index (χ0v) is 64.5. The van der Waals surface area contributed by atoms with Crippen molar-refractivity contribution in [1.29, 1.82) is 0 Å². The van der Waals surface area contributed by atoms with Gasteiger partial charge in [-0.05, 0) is 98.7 Å². The van der Waals surface area contributed by atoms with E-state index in [0.717, 1.165) is 180 Å². The molecule has 0 aliphatic rings. The molecule has 4 unspecified atom stereocenters. The van der Waals surface area contributed by atoms with E-state index < -0.39 is 22.4 Å². The Morgan fingerprint density at radius 2 is 0.235 bits per heavy atom. The summed E-state index contributed by atoms with van der Waals surface area (Å²) in [6.45, 7) is 44.5. The number of hydrogen-bond donors (Lipinski definition) is 0. The standard InChI is InChI=1S/4C20H41O.Ti/c4*1-6-11-15-19(16-12-7-2,17-13-8-3)20(21,10-5)18-14-9-4;/h4*6-18H2,1-5H3;/q4*-1;+4. The molecule has 0 saturated carbocycles. The minimum Gasteiger partial charge on any atom is -0.849 e. The third-order valence-electron chi connectivity index (χ3n) is 22.0. The normalized spacial score (nSPS) is 15.0. The molecular formula is C80H164O4Ti. The van der Waals surface area contributed by atoms with Gasteiger partial charge in [0.05, 0.1) is 0 Å². The van der Waals surface area contributed by atoms with Crippen LogP contribution in [0.4, 0.5) is 0 Å². The molecule has 0 bridgehead atoms. The van der Waals surface area contributed by atoms with E-state index in [-0.39, 0.29) is 43.4 Å². The van der Waals surface area contributed by atoms with Crippen LogP contribution in [0.5, 0.6) is 0 Å². The molecule has 0 saturated heterocycles. The van der Waals surface area contributed by atoms with Crippen molar-refractivity contribution in [2.24, 2.45) is 21.7 Å². The third kappa shape index (κ3) is 34.9. The fourth-order valence-electron chi connectivity index (χ4n) is 15.5. The molecule has 0 rings (SSSR count). The Morgan fingerprint density at radius 1 is 0.153 bits per heavy atom. The predicted molar refractivity (Wildman–Crippen MR) is 374 cm³/mol. The van der Waals surface area contributed by atoms with Gasteiger partial charge in [-0.2, -0.15) is 0 Å². The van der Waals surface area contributed by atoms with Crippen LogP contribution in [0.25, 0.3) is 0 Å². The SMILES string of the molecule is CCCCC([O-])(CC)C(CCCC)(CCCC)CCCC.CCCCC([O-])(CC)C(CCCC)(CCCC)CCCC.CCCCC([O-])(CC)C(CCCC)(CCCC)CCCC.CCCCC([O-])(CC)C(CCCC)(CCCC)CCCC.[Ti+4]. The van der Waals surface area contributed by atoms with Gasteiger partial charge in [-0.1, -0.05) is 395 Å². The molecule has 0 aromatic carbocycles. The molecule has 0 radical (unpaired) electrons. The predicted octanol–water partition coefficient (Wildman–Crippen LogP) is 25.0. The maximum absolute atomic E-state index is 13.8. The van der Waals surface area contributed by atoms with Gasteiger partial charge in [0, 0.05) is 0 Å². The molecule has 4 nitrogen and oxygen atoms in total. The van der Waals surface area contributed by atoms with E-state index in [1.807, 2.05) is 0 Å². The number of rotatable bonds is 56. The molecular weight excluding hydrogens is 1070 g/mol. The molecule has 512 valence electrons. The van der Waals surface area contributed by atoms with Crippen molar-refractivity contribution < 1.29 is 42.1 Å². The van der Waals surface area contributed by atoms with E-state index in [2.05, 4.69) is 138 Å². The van der Waals surface area contributed by atoms with Crippen LogP contribution in [0.15, 0.2) is 0 Å². The van der Waals surface area contributed by atoms with Crippen molar-refractivity contribution in [3.8, 4) is 0 Å². The Kier molecular flexibility index (Phi) is 64.7. The summed E-state index contributed by atoms with van der Waals surface area (Å²) in [6, 6.07) is 0.